The molecule has 0 aromatic carbocycles. The maximum Gasteiger partial charge on any atom is 0.0786 e. The van der Waals surface area contributed by atoms with E-state index in [1.54, 1.807) is 0 Å². The van der Waals surface area contributed by atoms with Crippen LogP contribution in [0.4, 0.5) is 0 Å². The lowest BCUT2D eigenvalue weighted by Crippen LogP contribution is -2.52. The van der Waals surface area contributed by atoms with Crippen molar-refractivity contribution >= 4 is 11.9 Å². The molecule has 2 heterocycles. The fourth-order valence-corrected chi connectivity index (χ4v) is 7.12. The monoisotopic (exact) mass is 623 g/mol. The third-order valence-electron chi connectivity index (χ3n) is 9.83. The molecular formula is C38H74N2O4. The number of piperidine rings is 2. The van der Waals surface area contributed by atoms with Crippen molar-refractivity contribution in [3.05, 3.63) is 12.2 Å². The summed E-state index contributed by atoms with van der Waals surface area (Å²) in [5.74, 6) is -3.09. The Balaban J connectivity index is 0.000000679. The van der Waals surface area contributed by atoms with Crippen LogP contribution in [0.15, 0.2) is 12.2 Å². The molecular weight excluding hydrogens is 548 g/mol. The van der Waals surface area contributed by atoms with E-state index in [1.807, 2.05) is 0 Å². The van der Waals surface area contributed by atoms with Gasteiger partial charge in [-0.1, -0.05) is 79.1 Å². The minimum absolute atomic E-state index is 0.384. The van der Waals surface area contributed by atoms with Crippen LogP contribution in [0.25, 0.3) is 0 Å². The highest BCUT2D eigenvalue weighted by molar-refractivity contribution is 5.87. The molecule has 0 amide bonds. The van der Waals surface area contributed by atoms with Gasteiger partial charge in [0.1, 0.15) is 0 Å². The molecule has 2 fully saturated rings. The molecule has 0 aromatic rings. The SMILES string of the molecule is CCCCCC[N+]1(CCCCCC)CCCCC1.CCCCCC[N+]1(CCCCCC)CCCCC1.O=C([O-])/C=C\C(=O)[O-]. The van der Waals surface area contributed by atoms with Crippen molar-refractivity contribution in [2.24, 2.45) is 0 Å². The minimum atomic E-state index is -1.55. The van der Waals surface area contributed by atoms with E-state index in [9.17, 15) is 19.8 Å². The normalized spacial score (nSPS) is 17.3. The van der Waals surface area contributed by atoms with Crippen molar-refractivity contribution in [2.45, 2.75) is 169 Å². The average Bonchev–Trinajstić information content (AvgIpc) is 3.03. The van der Waals surface area contributed by atoms with Crippen LogP contribution in [0.3, 0.4) is 0 Å². The van der Waals surface area contributed by atoms with Crippen LogP contribution in [0.5, 0.6) is 0 Å². The first-order valence-electron chi connectivity index (χ1n) is 19.1. The van der Waals surface area contributed by atoms with Crippen LogP contribution < -0.4 is 10.2 Å². The Morgan fingerprint density at radius 1 is 0.432 bits per heavy atom. The second kappa shape index (κ2) is 29.0. The Morgan fingerprint density at radius 3 is 0.886 bits per heavy atom. The molecule has 0 radical (unpaired) electrons. The molecule has 2 aliphatic heterocycles. The number of unbranched alkanes of at least 4 members (excludes halogenated alkanes) is 12. The summed E-state index contributed by atoms with van der Waals surface area (Å²) >= 11 is 0. The average molecular weight is 623 g/mol. The van der Waals surface area contributed by atoms with Crippen molar-refractivity contribution in [3.63, 3.8) is 0 Å². The highest BCUT2D eigenvalue weighted by Gasteiger charge is 2.29. The fraction of sp³-hybridized carbons (Fsp3) is 0.895. The van der Waals surface area contributed by atoms with E-state index in [2.05, 4.69) is 27.7 Å². The molecule has 2 aliphatic rings. The van der Waals surface area contributed by atoms with Crippen molar-refractivity contribution in [1.29, 1.82) is 0 Å². The molecule has 0 saturated carbocycles. The van der Waals surface area contributed by atoms with Crippen LogP contribution in [-0.2, 0) is 9.59 Å². The zero-order valence-corrected chi connectivity index (χ0v) is 29.9. The molecule has 260 valence electrons. The summed E-state index contributed by atoms with van der Waals surface area (Å²) in [5.41, 5.74) is 0. The molecule has 2 saturated heterocycles. The van der Waals surface area contributed by atoms with Crippen molar-refractivity contribution in [3.8, 4) is 0 Å². The van der Waals surface area contributed by atoms with E-state index in [1.165, 1.54) is 203 Å². The summed E-state index contributed by atoms with van der Waals surface area (Å²) < 4.78 is 2.96. The Hall–Kier alpha value is -1.40. The lowest BCUT2D eigenvalue weighted by molar-refractivity contribution is -0.932. The maximum atomic E-state index is 9.41. The molecule has 0 aromatic heterocycles. The van der Waals surface area contributed by atoms with E-state index in [4.69, 9.17) is 0 Å². The molecule has 0 bridgehead atoms. The number of carbonyl (C=O) groups excluding carboxylic acids is 2. The molecule has 44 heavy (non-hydrogen) atoms. The lowest BCUT2D eigenvalue weighted by Gasteiger charge is -2.42. The molecule has 2 rings (SSSR count). The zero-order valence-electron chi connectivity index (χ0n) is 29.9. The second-order valence-electron chi connectivity index (χ2n) is 13.8. The first-order chi connectivity index (χ1) is 21.3. The van der Waals surface area contributed by atoms with Gasteiger partial charge in [-0.25, -0.2) is 0 Å². The lowest BCUT2D eigenvalue weighted by atomic mass is 10.0. The minimum Gasteiger partial charge on any atom is -0.545 e. The maximum absolute atomic E-state index is 9.41. The smallest absolute Gasteiger partial charge is 0.0786 e. The highest BCUT2D eigenvalue weighted by atomic mass is 16.4. The van der Waals surface area contributed by atoms with Gasteiger partial charge in [0, 0.05) is 0 Å². The summed E-state index contributed by atoms with van der Waals surface area (Å²) in [6, 6.07) is 0. The molecule has 0 atom stereocenters. The van der Waals surface area contributed by atoms with Crippen molar-refractivity contribution in [1.82, 2.24) is 0 Å². The van der Waals surface area contributed by atoms with Crippen molar-refractivity contribution < 1.29 is 28.8 Å². The van der Waals surface area contributed by atoms with Gasteiger partial charge in [0.25, 0.3) is 0 Å². The summed E-state index contributed by atoms with van der Waals surface area (Å²) in [7, 11) is 0. The van der Waals surface area contributed by atoms with Crippen LogP contribution >= 0.6 is 0 Å². The van der Waals surface area contributed by atoms with Crippen molar-refractivity contribution in [2.75, 3.05) is 52.4 Å². The van der Waals surface area contributed by atoms with Gasteiger partial charge in [0.2, 0.25) is 0 Å². The predicted octanol–water partition coefficient (Wildman–Crippen LogP) is 7.34. The molecule has 0 spiro atoms. The summed E-state index contributed by atoms with van der Waals surface area (Å²) in [5, 5.41) is 18.8. The molecule has 0 aliphatic carbocycles. The van der Waals surface area contributed by atoms with Gasteiger partial charge in [0.15, 0.2) is 0 Å². The Kier molecular flexibility index (Phi) is 28.1. The van der Waals surface area contributed by atoms with Gasteiger partial charge in [-0.05, 0) is 102 Å². The number of likely N-dealkylation sites (tertiary alicyclic amines) is 2. The molecule has 0 unspecified atom stereocenters. The number of hydrogen-bond donors (Lipinski definition) is 0. The highest BCUT2D eigenvalue weighted by Crippen LogP contribution is 2.23. The summed E-state index contributed by atoms with van der Waals surface area (Å²) in [6.07, 6.45) is 32.7. The molecule has 0 N–H and O–H groups in total. The third-order valence-corrected chi connectivity index (χ3v) is 9.83. The van der Waals surface area contributed by atoms with E-state index in [0.29, 0.717) is 12.2 Å². The summed E-state index contributed by atoms with van der Waals surface area (Å²) in [6.45, 7) is 21.1. The van der Waals surface area contributed by atoms with Gasteiger partial charge in [-0.2, -0.15) is 0 Å². The van der Waals surface area contributed by atoms with Crippen LogP contribution in [-0.4, -0.2) is 73.3 Å². The van der Waals surface area contributed by atoms with Gasteiger partial charge in [-0.15, -0.1) is 0 Å². The Labute approximate surface area is 273 Å². The van der Waals surface area contributed by atoms with Gasteiger partial charge in [-0.3, -0.25) is 0 Å². The van der Waals surface area contributed by atoms with E-state index >= 15 is 0 Å². The topological polar surface area (TPSA) is 80.3 Å². The molecule has 6 nitrogen and oxygen atoms in total. The number of carbonyl (C=O) groups is 2. The first-order valence-corrected chi connectivity index (χ1v) is 19.1. The summed E-state index contributed by atoms with van der Waals surface area (Å²) in [4.78, 5) is 18.8. The van der Waals surface area contributed by atoms with Gasteiger partial charge >= 0.3 is 0 Å². The third kappa shape index (κ3) is 23.9. The predicted molar refractivity (Wildman–Crippen MR) is 183 cm³/mol. The zero-order chi connectivity index (χ0) is 32.8. The van der Waals surface area contributed by atoms with E-state index < -0.39 is 11.9 Å². The first kappa shape index (κ1) is 42.6. The second-order valence-corrected chi connectivity index (χ2v) is 13.8. The number of rotatable bonds is 22. The largest absolute Gasteiger partial charge is 0.545 e. The number of hydrogen-bond acceptors (Lipinski definition) is 4. The van der Waals surface area contributed by atoms with E-state index in [0.717, 1.165) is 0 Å². The van der Waals surface area contributed by atoms with Gasteiger partial charge in [0.05, 0.1) is 64.3 Å². The fourth-order valence-electron chi connectivity index (χ4n) is 7.12. The van der Waals surface area contributed by atoms with E-state index in [-0.39, 0.29) is 0 Å². The Bertz CT molecular complexity index is 611. The Morgan fingerprint density at radius 2 is 0.682 bits per heavy atom. The quantitative estimate of drug-likeness (QED) is 0.0719. The number of quaternary nitrogens is 2. The number of carboxylic acid groups (broad SMARTS) is 2. The van der Waals surface area contributed by atoms with Crippen LogP contribution in [0.1, 0.15) is 169 Å². The van der Waals surface area contributed by atoms with Crippen LogP contribution in [0, 0.1) is 0 Å². The standard InChI is InChI=1S/2C17H36N.C4H4O4/c2*1-3-5-7-10-14-18(15-11-8-6-4-2)16-12-9-13-17-18;5-3(6)1-2-4(7)8/h2*3-17H2,1-2H3;1-2H,(H,5,6)(H,7,8)/q2*+1;/p-2/b;;2-1-. The number of carboxylic acids is 2. The van der Waals surface area contributed by atoms with Crippen LogP contribution in [0.2, 0.25) is 0 Å². The number of nitrogens with zero attached hydrogens (tertiary/aromatic N) is 2. The number of aliphatic carboxylic acids is 2. The van der Waals surface area contributed by atoms with Gasteiger partial charge < -0.3 is 28.8 Å². The molecule has 6 heteroatoms.